The van der Waals surface area contributed by atoms with Gasteiger partial charge >= 0.3 is 0 Å². The molecule has 0 fully saturated rings. The standard InChI is InChI=1S/C14H6F2O2/c15-9-5-1-3-7-8-4-2-6-10(16)12(8)14(18)13(17)11(7)9/h1-6H. The highest BCUT2D eigenvalue weighted by Crippen LogP contribution is 2.35. The molecule has 2 nitrogen and oxygen atoms in total. The first-order valence-corrected chi connectivity index (χ1v) is 5.27. The summed E-state index contributed by atoms with van der Waals surface area (Å²) in [5, 5.41) is 0. The van der Waals surface area contributed by atoms with Crippen LogP contribution in [-0.4, -0.2) is 11.6 Å². The molecule has 0 atom stereocenters. The van der Waals surface area contributed by atoms with Crippen LogP contribution in [-0.2, 0) is 0 Å². The van der Waals surface area contributed by atoms with Crippen LogP contribution in [0.15, 0.2) is 36.4 Å². The second-order valence-electron chi connectivity index (χ2n) is 3.98. The van der Waals surface area contributed by atoms with Crippen LogP contribution in [0, 0.1) is 11.6 Å². The van der Waals surface area contributed by atoms with Crippen LogP contribution in [0.4, 0.5) is 8.78 Å². The van der Waals surface area contributed by atoms with E-state index in [9.17, 15) is 18.4 Å². The monoisotopic (exact) mass is 244 g/mol. The van der Waals surface area contributed by atoms with Crippen molar-refractivity contribution in [1.29, 1.82) is 0 Å². The predicted octanol–water partition coefficient (Wildman–Crippen LogP) is 3.01. The van der Waals surface area contributed by atoms with Crippen LogP contribution in [0.2, 0.25) is 0 Å². The third kappa shape index (κ3) is 1.26. The van der Waals surface area contributed by atoms with Crippen molar-refractivity contribution in [3.63, 3.8) is 0 Å². The number of carbonyl (C=O) groups is 2. The lowest BCUT2D eigenvalue weighted by molar-refractivity contribution is 0.0810. The van der Waals surface area contributed by atoms with E-state index in [1.807, 2.05) is 0 Å². The number of hydrogen-bond acceptors (Lipinski definition) is 2. The molecule has 1 aliphatic carbocycles. The summed E-state index contributed by atoms with van der Waals surface area (Å²) in [7, 11) is 0. The molecule has 88 valence electrons. The summed E-state index contributed by atoms with van der Waals surface area (Å²) in [6.07, 6.45) is 0. The van der Waals surface area contributed by atoms with Gasteiger partial charge in [-0.15, -0.1) is 0 Å². The number of fused-ring (bicyclic) bond motifs is 3. The average molecular weight is 244 g/mol. The molecule has 0 radical (unpaired) electrons. The summed E-state index contributed by atoms with van der Waals surface area (Å²) >= 11 is 0. The van der Waals surface area contributed by atoms with Crippen molar-refractivity contribution in [2.45, 2.75) is 0 Å². The highest BCUT2D eigenvalue weighted by Gasteiger charge is 2.34. The number of rotatable bonds is 0. The van der Waals surface area contributed by atoms with Gasteiger partial charge in [-0.1, -0.05) is 24.3 Å². The molecule has 0 aliphatic heterocycles. The van der Waals surface area contributed by atoms with Gasteiger partial charge < -0.3 is 0 Å². The van der Waals surface area contributed by atoms with Gasteiger partial charge in [0.15, 0.2) is 0 Å². The molecule has 1 aliphatic rings. The second kappa shape index (κ2) is 3.57. The van der Waals surface area contributed by atoms with Gasteiger partial charge in [0.2, 0.25) is 11.6 Å². The van der Waals surface area contributed by atoms with E-state index in [4.69, 9.17) is 0 Å². The van der Waals surface area contributed by atoms with E-state index < -0.39 is 23.2 Å². The number of hydrogen-bond donors (Lipinski definition) is 0. The third-order valence-electron chi connectivity index (χ3n) is 2.98. The maximum absolute atomic E-state index is 13.6. The van der Waals surface area contributed by atoms with Crippen molar-refractivity contribution in [3.8, 4) is 11.1 Å². The molecule has 4 heteroatoms. The minimum absolute atomic E-state index is 0.258. The van der Waals surface area contributed by atoms with E-state index in [1.54, 1.807) is 0 Å². The molecule has 0 unspecified atom stereocenters. The quantitative estimate of drug-likeness (QED) is 0.667. The SMILES string of the molecule is O=C1C(=O)c2c(F)cccc2-c2cccc(F)c21. The van der Waals surface area contributed by atoms with E-state index in [2.05, 4.69) is 0 Å². The molecule has 0 amide bonds. The summed E-state index contributed by atoms with van der Waals surface area (Å²) in [5.74, 6) is -3.53. The molecular formula is C14H6F2O2. The molecule has 0 bridgehead atoms. The third-order valence-corrected chi connectivity index (χ3v) is 2.98. The lowest BCUT2D eigenvalue weighted by Crippen LogP contribution is -2.23. The molecule has 0 heterocycles. The topological polar surface area (TPSA) is 34.1 Å². The molecule has 2 aromatic carbocycles. The van der Waals surface area contributed by atoms with Crippen LogP contribution >= 0.6 is 0 Å². The van der Waals surface area contributed by atoms with E-state index >= 15 is 0 Å². The van der Waals surface area contributed by atoms with E-state index in [0.29, 0.717) is 0 Å². The Morgan fingerprint density at radius 2 is 1.06 bits per heavy atom. The first-order chi connectivity index (χ1) is 8.61. The van der Waals surface area contributed by atoms with Crippen LogP contribution in [0.25, 0.3) is 11.1 Å². The van der Waals surface area contributed by atoms with E-state index in [1.165, 1.54) is 24.3 Å². The first kappa shape index (κ1) is 10.8. The zero-order valence-electron chi connectivity index (χ0n) is 9.04. The number of Topliss-reactive ketones (excluding diaryl/α,β-unsaturated/α-hetero) is 2. The number of halogens is 2. The van der Waals surface area contributed by atoms with Crippen LogP contribution in [0.5, 0.6) is 0 Å². The van der Waals surface area contributed by atoms with Gasteiger partial charge in [-0.25, -0.2) is 8.78 Å². The normalized spacial score (nSPS) is 13.2. The Hall–Kier alpha value is -2.36. The van der Waals surface area contributed by atoms with Crippen LogP contribution in [0.1, 0.15) is 20.7 Å². The summed E-state index contributed by atoms with van der Waals surface area (Å²) < 4.78 is 27.2. The smallest absolute Gasteiger partial charge is 0.237 e. The second-order valence-corrected chi connectivity index (χ2v) is 3.98. The zero-order chi connectivity index (χ0) is 12.9. The number of carbonyl (C=O) groups excluding carboxylic acids is 2. The Kier molecular flexibility index (Phi) is 2.13. The van der Waals surface area contributed by atoms with Gasteiger partial charge in [0.1, 0.15) is 11.6 Å². The van der Waals surface area contributed by atoms with Crippen molar-refractivity contribution >= 4 is 11.6 Å². The lowest BCUT2D eigenvalue weighted by Gasteiger charge is -2.18. The maximum atomic E-state index is 13.6. The Balaban J connectivity index is 2.46. The minimum atomic E-state index is -0.999. The fourth-order valence-electron chi connectivity index (χ4n) is 2.19. The van der Waals surface area contributed by atoms with Gasteiger partial charge in [-0.3, -0.25) is 9.59 Å². The van der Waals surface area contributed by atoms with E-state index in [0.717, 1.165) is 12.1 Å². The zero-order valence-corrected chi connectivity index (χ0v) is 9.04. The Labute approximate surface area is 101 Å². The summed E-state index contributed by atoms with van der Waals surface area (Å²) in [4.78, 5) is 23.6. The van der Waals surface area contributed by atoms with Gasteiger partial charge in [-0.2, -0.15) is 0 Å². The Bertz CT molecular complexity index is 643. The highest BCUT2D eigenvalue weighted by molar-refractivity contribution is 6.53. The van der Waals surface area contributed by atoms with Gasteiger partial charge in [0, 0.05) is 0 Å². The Morgan fingerprint density at radius 1 is 0.667 bits per heavy atom. The molecule has 0 spiro atoms. The predicted molar refractivity (Wildman–Crippen MR) is 60.5 cm³/mol. The van der Waals surface area contributed by atoms with Gasteiger partial charge in [0.05, 0.1) is 11.1 Å². The van der Waals surface area contributed by atoms with E-state index in [-0.39, 0.29) is 22.3 Å². The van der Waals surface area contributed by atoms with Crippen molar-refractivity contribution in [2.75, 3.05) is 0 Å². The maximum Gasteiger partial charge on any atom is 0.237 e. The summed E-state index contributed by atoms with van der Waals surface area (Å²) in [6, 6.07) is 8.06. The largest absolute Gasteiger partial charge is 0.285 e. The van der Waals surface area contributed by atoms with Crippen molar-refractivity contribution in [1.82, 2.24) is 0 Å². The van der Waals surface area contributed by atoms with Crippen LogP contribution < -0.4 is 0 Å². The molecule has 2 aromatic rings. The molecule has 3 rings (SSSR count). The summed E-state index contributed by atoms with van der Waals surface area (Å²) in [6.45, 7) is 0. The molecular weight excluding hydrogens is 238 g/mol. The molecule has 18 heavy (non-hydrogen) atoms. The number of ketones is 2. The molecule has 0 N–H and O–H groups in total. The first-order valence-electron chi connectivity index (χ1n) is 5.27. The van der Waals surface area contributed by atoms with Crippen LogP contribution in [0.3, 0.4) is 0 Å². The van der Waals surface area contributed by atoms with Crippen molar-refractivity contribution in [2.24, 2.45) is 0 Å². The fraction of sp³-hybridized carbons (Fsp3) is 0. The lowest BCUT2D eigenvalue weighted by atomic mass is 9.83. The number of benzene rings is 2. The highest BCUT2D eigenvalue weighted by atomic mass is 19.1. The summed E-state index contributed by atoms with van der Waals surface area (Å²) in [5.41, 5.74) is -0.0376. The molecule has 0 aromatic heterocycles. The van der Waals surface area contributed by atoms with Gasteiger partial charge in [-0.05, 0) is 23.3 Å². The molecule has 0 saturated carbocycles. The Morgan fingerprint density at radius 3 is 1.44 bits per heavy atom. The molecule has 0 saturated heterocycles. The van der Waals surface area contributed by atoms with Crippen molar-refractivity contribution < 1.29 is 18.4 Å². The minimum Gasteiger partial charge on any atom is -0.285 e. The average Bonchev–Trinajstić information content (AvgIpc) is 2.35. The van der Waals surface area contributed by atoms with Crippen molar-refractivity contribution in [3.05, 3.63) is 59.2 Å². The fourth-order valence-corrected chi connectivity index (χ4v) is 2.19. The van der Waals surface area contributed by atoms with Gasteiger partial charge in [0.25, 0.3) is 0 Å².